The predicted octanol–water partition coefficient (Wildman–Crippen LogP) is 21.1. The summed E-state index contributed by atoms with van der Waals surface area (Å²) < 4.78 is 16.9. The molecule has 0 spiro atoms. The SMILES string of the molecule is CC/C=C\C/C=C\C/C=C\C/C=C\C/C=C\C/C=C\C/C=C\CCCC(=O)OCC(COC(=O)CCCCCCCCCCCCCCCCCC)OC(=O)CCCCCCCCCCCCCCCCCC. The van der Waals surface area contributed by atoms with Crippen molar-refractivity contribution >= 4 is 17.9 Å². The minimum Gasteiger partial charge on any atom is -0.462 e. The Morgan fingerprint density at radius 3 is 0.836 bits per heavy atom. The van der Waals surface area contributed by atoms with E-state index in [9.17, 15) is 14.4 Å². The molecule has 0 amide bonds. The molecule has 0 saturated heterocycles. The summed E-state index contributed by atoms with van der Waals surface area (Å²) in [5, 5.41) is 0. The van der Waals surface area contributed by atoms with Crippen LogP contribution in [0.1, 0.15) is 303 Å². The number of ether oxygens (including phenoxy) is 3. The van der Waals surface area contributed by atoms with Gasteiger partial charge in [-0.25, -0.2) is 0 Å². The Balaban J connectivity index is 4.44. The predicted molar refractivity (Wildman–Crippen MR) is 316 cm³/mol. The molecule has 420 valence electrons. The molecule has 0 aliphatic carbocycles. The molecule has 73 heavy (non-hydrogen) atoms. The molecular formula is C67H116O6. The van der Waals surface area contributed by atoms with Gasteiger partial charge in [-0.2, -0.15) is 0 Å². The number of carbonyl (C=O) groups is 3. The third-order valence-corrected chi connectivity index (χ3v) is 13.4. The molecule has 0 saturated carbocycles. The van der Waals surface area contributed by atoms with Crippen molar-refractivity contribution in [3.63, 3.8) is 0 Å². The molecule has 1 unspecified atom stereocenters. The second kappa shape index (κ2) is 61.1. The third kappa shape index (κ3) is 59.3. The van der Waals surface area contributed by atoms with Crippen LogP contribution < -0.4 is 0 Å². The van der Waals surface area contributed by atoms with Crippen LogP contribution in [0.25, 0.3) is 0 Å². The highest BCUT2D eigenvalue weighted by atomic mass is 16.6. The van der Waals surface area contributed by atoms with Crippen LogP contribution in [0.2, 0.25) is 0 Å². The van der Waals surface area contributed by atoms with E-state index in [1.807, 2.05) is 0 Å². The number of unbranched alkanes of at least 4 members (excludes halogenated alkanes) is 31. The molecular weight excluding hydrogens is 901 g/mol. The van der Waals surface area contributed by atoms with Crippen LogP contribution in [0.3, 0.4) is 0 Å². The number of hydrogen-bond acceptors (Lipinski definition) is 6. The number of rotatable bonds is 56. The van der Waals surface area contributed by atoms with E-state index in [1.54, 1.807) is 0 Å². The Morgan fingerprint density at radius 1 is 0.288 bits per heavy atom. The zero-order chi connectivity index (χ0) is 52.9. The van der Waals surface area contributed by atoms with Gasteiger partial charge in [0.15, 0.2) is 6.10 Å². The van der Waals surface area contributed by atoms with E-state index in [0.29, 0.717) is 19.3 Å². The molecule has 0 aliphatic rings. The smallest absolute Gasteiger partial charge is 0.306 e. The summed E-state index contributed by atoms with van der Waals surface area (Å²) in [5.41, 5.74) is 0. The van der Waals surface area contributed by atoms with Gasteiger partial charge in [0.1, 0.15) is 13.2 Å². The molecule has 0 radical (unpaired) electrons. The van der Waals surface area contributed by atoms with E-state index in [1.165, 1.54) is 167 Å². The molecule has 0 aliphatic heterocycles. The maximum atomic E-state index is 12.9. The quantitative estimate of drug-likeness (QED) is 0.0261. The summed E-state index contributed by atoms with van der Waals surface area (Å²) in [6, 6.07) is 0. The van der Waals surface area contributed by atoms with Gasteiger partial charge in [-0.1, -0.05) is 298 Å². The minimum atomic E-state index is -0.798. The summed E-state index contributed by atoms with van der Waals surface area (Å²) in [6.45, 7) is 6.52. The fraction of sp³-hybridized carbons (Fsp3) is 0.746. The molecule has 0 fully saturated rings. The summed E-state index contributed by atoms with van der Waals surface area (Å²) in [5.74, 6) is -0.938. The molecule has 0 aromatic rings. The second-order valence-electron chi connectivity index (χ2n) is 20.6. The van der Waals surface area contributed by atoms with Gasteiger partial charge in [0.05, 0.1) is 0 Å². The fourth-order valence-corrected chi connectivity index (χ4v) is 8.79. The topological polar surface area (TPSA) is 78.9 Å². The van der Waals surface area contributed by atoms with Crippen LogP contribution in [0.4, 0.5) is 0 Å². The summed E-state index contributed by atoms with van der Waals surface area (Å²) in [4.78, 5) is 38.3. The van der Waals surface area contributed by atoms with Gasteiger partial charge in [0.25, 0.3) is 0 Å². The van der Waals surface area contributed by atoms with Crippen molar-refractivity contribution in [2.24, 2.45) is 0 Å². The van der Waals surface area contributed by atoms with Gasteiger partial charge in [0.2, 0.25) is 0 Å². The van der Waals surface area contributed by atoms with Crippen molar-refractivity contribution in [3.8, 4) is 0 Å². The van der Waals surface area contributed by atoms with Gasteiger partial charge in [-0.3, -0.25) is 14.4 Å². The molecule has 0 rings (SSSR count). The first kappa shape index (κ1) is 69.6. The molecule has 0 bridgehead atoms. The molecule has 1 atom stereocenters. The lowest BCUT2D eigenvalue weighted by molar-refractivity contribution is -0.167. The van der Waals surface area contributed by atoms with Crippen LogP contribution in [0.15, 0.2) is 85.1 Å². The lowest BCUT2D eigenvalue weighted by atomic mass is 10.0. The Morgan fingerprint density at radius 2 is 0.534 bits per heavy atom. The fourth-order valence-electron chi connectivity index (χ4n) is 8.79. The van der Waals surface area contributed by atoms with Crippen molar-refractivity contribution in [2.75, 3.05) is 13.2 Å². The second-order valence-corrected chi connectivity index (χ2v) is 20.6. The van der Waals surface area contributed by atoms with E-state index in [4.69, 9.17) is 14.2 Å². The van der Waals surface area contributed by atoms with Crippen molar-refractivity contribution < 1.29 is 28.6 Å². The number of allylic oxidation sites excluding steroid dienone is 14. The van der Waals surface area contributed by atoms with Crippen LogP contribution >= 0.6 is 0 Å². The zero-order valence-electron chi connectivity index (χ0n) is 48.1. The average Bonchev–Trinajstić information content (AvgIpc) is 3.39. The van der Waals surface area contributed by atoms with Crippen LogP contribution in [0, 0.1) is 0 Å². The standard InChI is InChI=1S/C67H116O6/c1-4-7-10-13-16-19-22-25-28-31-32-33-34-35-36-37-40-42-45-48-51-54-57-60-66(69)72-63-64(73-67(70)61-58-55-52-49-46-43-39-30-27-24-21-18-15-12-9-6-3)62-71-65(68)59-56-53-50-47-44-41-38-29-26-23-20-17-14-11-8-5-2/h7,10,16,19,25,28,32-33,35-36,40,42,48,51,64H,4-6,8-9,11-15,17-18,20-24,26-27,29-31,34,37-39,41,43-47,49-50,52-63H2,1-3H3/b10-7-,19-16-,28-25-,33-32-,36-35-,42-40-,51-48-. The lowest BCUT2D eigenvalue weighted by Crippen LogP contribution is -2.30. The highest BCUT2D eigenvalue weighted by molar-refractivity contribution is 5.71. The Kier molecular flexibility index (Phi) is 58.3. The molecule has 0 heterocycles. The number of carbonyl (C=O) groups excluding carboxylic acids is 3. The van der Waals surface area contributed by atoms with Gasteiger partial charge < -0.3 is 14.2 Å². The lowest BCUT2D eigenvalue weighted by Gasteiger charge is -2.18. The number of hydrogen-bond donors (Lipinski definition) is 0. The van der Waals surface area contributed by atoms with Crippen LogP contribution in [-0.2, 0) is 28.6 Å². The first-order valence-corrected chi connectivity index (χ1v) is 31.1. The van der Waals surface area contributed by atoms with Crippen molar-refractivity contribution in [3.05, 3.63) is 85.1 Å². The summed E-state index contributed by atoms with van der Waals surface area (Å²) in [6.07, 6.45) is 80.1. The van der Waals surface area contributed by atoms with E-state index >= 15 is 0 Å². The maximum absolute atomic E-state index is 12.9. The highest BCUT2D eigenvalue weighted by Gasteiger charge is 2.19. The molecule has 6 heteroatoms. The Hall–Kier alpha value is -3.41. The van der Waals surface area contributed by atoms with Crippen molar-refractivity contribution in [1.29, 1.82) is 0 Å². The highest BCUT2D eigenvalue weighted by Crippen LogP contribution is 2.17. The van der Waals surface area contributed by atoms with Crippen LogP contribution in [-0.4, -0.2) is 37.2 Å². The summed E-state index contributed by atoms with van der Waals surface area (Å²) >= 11 is 0. The zero-order valence-corrected chi connectivity index (χ0v) is 48.1. The molecule has 6 nitrogen and oxygen atoms in total. The largest absolute Gasteiger partial charge is 0.462 e. The van der Waals surface area contributed by atoms with E-state index in [-0.39, 0.29) is 37.5 Å². The normalized spacial score (nSPS) is 12.6. The van der Waals surface area contributed by atoms with Crippen molar-refractivity contribution in [1.82, 2.24) is 0 Å². The molecule has 0 aromatic heterocycles. The van der Waals surface area contributed by atoms with Gasteiger partial charge in [-0.15, -0.1) is 0 Å². The number of esters is 3. The Labute approximate surface area is 452 Å². The average molecular weight is 1020 g/mol. The van der Waals surface area contributed by atoms with Gasteiger partial charge in [-0.05, 0) is 70.6 Å². The third-order valence-electron chi connectivity index (χ3n) is 13.4. The maximum Gasteiger partial charge on any atom is 0.306 e. The molecule has 0 aromatic carbocycles. The van der Waals surface area contributed by atoms with Crippen LogP contribution in [0.5, 0.6) is 0 Å². The van der Waals surface area contributed by atoms with E-state index in [0.717, 1.165) is 89.9 Å². The Bertz CT molecular complexity index is 1400. The van der Waals surface area contributed by atoms with Crippen molar-refractivity contribution in [2.45, 2.75) is 309 Å². The summed E-state index contributed by atoms with van der Waals surface area (Å²) in [7, 11) is 0. The van der Waals surface area contributed by atoms with Gasteiger partial charge >= 0.3 is 17.9 Å². The van der Waals surface area contributed by atoms with E-state index < -0.39 is 6.10 Å². The molecule has 0 N–H and O–H groups in total. The first-order valence-electron chi connectivity index (χ1n) is 31.1. The van der Waals surface area contributed by atoms with Gasteiger partial charge in [0, 0.05) is 19.3 Å². The first-order chi connectivity index (χ1) is 36.0. The van der Waals surface area contributed by atoms with E-state index in [2.05, 4.69) is 106 Å². The monoisotopic (exact) mass is 1020 g/mol. The minimum absolute atomic E-state index is 0.0903.